The van der Waals surface area contributed by atoms with Crippen LogP contribution in [0.15, 0.2) is 59.5 Å². The number of aromatic nitrogens is 1. The molecule has 2 aromatic carbocycles. The molecule has 0 unspecified atom stereocenters. The summed E-state index contributed by atoms with van der Waals surface area (Å²) in [5.41, 5.74) is 1.03. The molecule has 0 spiro atoms. The van der Waals surface area contributed by atoms with Crippen LogP contribution in [0.3, 0.4) is 0 Å². The molecule has 0 aliphatic rings. The molecule has 156 valence electrons. The largest absolute Gasteiger partial charge is 0.462 e. The Morgan fingerprint density at radius 3 is 2.40 bits per heavy atom. The first-order valence-corrected chi connectivity index (χ1v) is 11.7. The third-order valence-electron chi connectivity index (χ3n) is 3.88. The van der Waals surface area contributed by atoms with E-state index in [-0.39, 0.29) is 21.5 Å². The van der Waals surface area contributed by atoms with E-state index >= 15 is 0 Å². The van der Waals surface area contributed by atoms with Gasteiger partial charge in [-0.25, -0.2) is 18.2 Å². The van der Waals surface area contributed by atoms with Crippen LogP contribution in [0.1, 0.15) is 16.6 Å². The lowest BCUT2D eigenvalue weighted by atomic mass is 10.1. The van der Waals surface area contributed by atoms with E-state index < -0.39 is 27.5 Å². The molecule has 1 aromatic heterocycles. The molecule has 0 bridgehead atoms. The monoisotopic (exact) mass is 464 g/mol. The van der Waals surface area contributed by atoms with Crippen LogP contribution < -0.4 is 5.32 Å². The topological polar surface area (TPSA) is 102 Å². The van der Waals surface area contributed by atoms with E-state index in [9.17, 15) is 18.0 Å². The summed E-state index contributed by atoms with van der Waals surface area (Å²) in [7, 11) is -3.86. The average Bonchev–Trinajstić information content (AvgIpc) is 3.12. The van der Waals surface area contributed by atoms with Gasteiger partial charge in [0.2, 0.25) is 5.91 Å². The number of nitrogens with one attached hydrogen (secondary N) is 1. The predicted octanol–water partition coefficient (Wildman–Crippen LogP) is 4.05. The highest BCUT2D eigenvalue weighted by Crippen LogP contribution is 2.32. The SMILES string of the molecule is CCOC(=O)c1sc(NC(=O)CS(=O)(=O)c2ccc(Cl)cc2)nc1-c1ccccc1. The van der Waals surface area contributed by atoms with Crippen molar-refractivity contribution < 1.29 is 22.7 Å². The third-order valence-corrected chi connectivity index (χ3v) is 6.71. The molecule has 7 nitrogen and oxygen atoms in total. The number of carbonyl (C=O) groups excluding carboxylic acids is 2. The van der Waals surface area contributed by atoms with Gasteiger partial charge >= 0.3 is 5.97 Å². The number of carbonyl (C=O) groups is 2. The number of halogens is 1. The summed E-state index contributed by atoms with van der Waals surface area (Å²) in [4.78, 5) is 29.2. The lowest BCUT2D eigenvalue weighted by Gasteiger charge is -2.04. The number of rotatable bonds is 7. The highest BCUT2D eigenvalue weighted by atomic mass is 35.5. The van der Waals surface area contributed by atoms with E-state index in [2.05, 4.69) is 10.3 Å². The number of sulfone groups is 1. The third kappa shape index (κ3) is 5.24. The van der Waals surface area contributed by atoms with Crippen molar-refractivity contribution in [1.29, 1.82) is 0 Å². The standard InChI is InChI=1S/C20H17ClN2O5S2/c1-2-28-19(25)18-17(13-6-4-3-5-7-13)23-20(29-18)22-16(24)12-30(26,27)15-10-8-14(21)9-11-15/h3-11H,2,12H2,1H3,(H,22,23,24). The van der Waals surface area contributed by atoms with Gasteiger partial charge in [0.1, 0.15) is 10.6 Å². The first kappa shape index (κ1) is 21.9. The number of benzene rings is 2. The lowest BCUT2D eigenvalue weighted by molar-refractivity contribution is -0.113. The molecule has 0 aliphatic heterocycles. The number of thiazole rings is 1. The maximum Gasteiger partial charge on any atom is 0.350 e. The Kier molecular flexibility index (Phi) is 6.86. The summed E-state index contributed by atoms with van der Waals surface area (Å²) in [6.45, 7) is 1.87. The highest BCUT2D eigenvalue weighted by Gasteiger charge is 2.24. The van der Waals surface area contributed by atoms with Crippen LogP contribution >= 0.6 is 22.9 Å². The molecule has 1 amide bonds. The fraction of sp³-hybridized carbons (Fsp3) is 0.150. The minimum Gasteiger partial charge on any atom is -0.462 e. The van der Waals surface area contributed by atoms with Gasteiger partial charge in [0.05, 0.1) is 17.2 Å². The molecule has 0 fully saturated rings. The first-order chi connectivity index (χ1) is 14.3. The van der Waals surface area contributed by atoms with Crippen LogP contribution in [-0.2, 0) is 19.4 Å². The van der Waals surface area contributed by atoms with E-state index in [1.54, 1.807) is 31.2 Å². The Bertz CT molecular complexity index is 1160. The number of amides is 1. The summed E-state index contributed by atoms with van der Waals surface area (Å²) < 4.78 is 29.9. The van der Waals surface area contributed by atoms with Crippen LogP contribution in [0, 0.1) is 0 Å². The molecule has 0 aliphatic carbocycles. The summed E-state index contributed by atoms with van der Waals surface area (Å²) in [5.74, 6) is -2.11. The van der Waals surface area contributed by atoms with E-state index in [0.29, 0.717) is 16.3 Å². The quantitative estimate of drug-likeness (QED) is 0.529. The Morgan fingerprint density at radius 2 is 1.77 bits per heavy atom. The summed E-state index contributed by atoms with van der Waals surface area (Å²) in [5, 5.41) is 2.96. The van der Waals surface area contributed by atoms with Crippen LogP contribution in [0.2, 0.25) is 5.02 Å². The number of nitrogens with zero attached hydrogens (tertiary/aromatic N) is 1. The lowest BCUT2D eigenvalue weighted by Crippen LogP contribution is -2.22. The second-order valence-corrected chi connectivity index (χ2v) is 9.47. The van der Waals surface area contributed by atoms with Crippen molar-refractivity contribution >= 4 is 49.8 Å². The molecule has 3 rings (SSSR count). The van der Waals surface area contributed by atoms with Gasteiger partial charge in [-0.3, -0.25) is 4.79 Å². The molecule has 0 saturated heterocycles. The summed E-state index contributed by atoms with van der Waals surface area (Å²) in [6, 6.07) is 14.5. The Hall–Kier alpha value is -2.75. The second-order valence-electron chi connectivity index (χ2n) is 6.04. The average molecular weight is 465 g/mol. The van der Waals surface area contributed by atoms with Crippen molar-refractivity contribution in [3.05, 3.63) is 64.5 Å². The smallest absolute Gasteiger partial charge is 0.350 e. The molecule has 0 atom stereocenters. The molecule has 0 saturated carbocycles. The van der Waals surface area contributed by atoms with Crippen LogP contribution in [0.4, 0.5) is 5.13 Å². The highest BCUT2D eigenvalue weighted by molar-refractivity contribution is 7.92. The van der Waals surface area contributed by atoms with Gasteiger partial charge in [0, 0.05) is 10.6 Å². The van der Waals surface area contributed by atoms with Crippen molar-refractivity contribution in [2.24, 2.45) is 0 Å². The Balaban J connectivity index is 1.83. The predicted molar refractivity (Wildman–Crippen MR) is 116 cm³/mol. The van der Waals surface area contributed by atoms with Gasteiger partial charge in [-0.15, -0.1) is 0 Å². The molecular weight excluding hydrogens is 448 g/mol. The van der Waals surface area contributed by atoms with Crippen molar-refractivity contribution in [3.63, 3.8) is 0 Å². The van der Waals surface area contributed by atoms with E-state index in [4.69, 9.17) is 16.3 Å². The van der Waals surface area contributed by atoms with Crippen LogP contribution in [0.25, 0.3) is 11.3 Å². The van der Waals surface area contributed by atoms with Gasteiger partial charge < -0.3 is 10.1 Å². The van der Waals surface area contributed by atoms with Gasteiger partial charge in [-0.1, -0.05) is 53.3 Å². The number of esters is 1. The minimum atomic E-state index is -3.86. The number of anilines is 1. The Morgan fingerprint density at radius 1 is 1.10 bits per heavy atom. The minimum absolute atomic E-state index is 0.0154. The first-order valence-electron chi connectivity index (χ1n) is 8.81. The maximum absolute atomic E-state index is 12.4. The van der Waals surface area contributed by atoms with Crippen LogP contribution in [-0.4, -0.2) is 37.6 Å². The van der Waals surface area contributed by atoms with Gasteiger partial charge in [-0.05, 0) is 31.2 Å². The summed E-state index contributed by atoms with van der Waals surface area (Å²) in [6.07, 6.45) is 0. The van der Waals surface area contributed by atoms with E-state index in [1.165, 1.54) is 24.3 Å². The molecule has 1 N–H and O–H groups in total. The van der Waals surface area contributed by atoms with Gasteiger partial charge in [0.25, 0.3) is 0 Å². The zero-order valence-corrected chi connectivity index (χ0v) is 18.2. The second kappa shape index (κ2) is 9.38. The number of hydrogen-bond donors (Lipinski definition) is 1. The molecule has 30 heavy (non-hydrogen) atoms. The van der Waals surface area contributed by atoms with E-state index in [0.717, 1.165) is 11.3 Å². The van der Waals surface area contributed by atoms with Crippen molar-refractivity contribution in [1.82, 2.24) is 4.98 Å². The molecular formula is C20H17ClN2O5S2. The Labute approximate surface area is 182 Å². The molecule has 0 radical (unpaired) electrons. The van der Waals surface area contributed by atoms with Gasteiger partial charge in [0.15, 0.2) is 15.0 Å². The normalized spacial score (nSPS) is 11.1. The van der Waals surface area contributed by atoms with E-state index in [1.807, 2.05) is 6.07 Å². The van der Waals surface area contributed by atoms with Crippen molar-refractivity contribution in [3.8, 4) is 11.3 Å². The van der Waals surface area contributed by atoms with Crippen molar-refractivity contribution in [2.75, 3.05) is 17.7 Å². The molecule has 1 heterocycles. The molecule has 10 heteroatoms. The maximum atomic E-state index is 12.4. The fourth-order valence-electron chi connectivity index (χ4n) is 2.55. The zero-order valence-electron chi connectivity index (χ0n) is 15.8. The summed E-state index contributed by atoms with van der Waals surface area (Å²) >= 11 is 6.70. The zero-order chi connectivity index (χ0) is 21.7. The molecule has 3 aromatic rings. The number of hydrogen-bond acceptors (Lipinski definition) is 7. The van der Waals surface area contributed by atoms with Crippen molar-refractivity contribution in [2.45, 2.75) is 11.8 Å². The van der Waals surface area contributed by atoms with Gasteiger partial charge in [-0.2, -0.15) is 0 Å². The fourth-order valence-corrected chi connectivity index (χ4v) is 4.71. The number of ether oxygens (including phenoxy) is 1. The van der Waals surface area contributed by atoms with Crippen LogP contribution in [0.5, 0.6) is 0 Å².